The first-order chi connectivity index (χ1) is 20.4. The standard InChI is InChI=1S/C30H40F2N6O4S/c1-20(19-39)35-43(41,42)22-3-4-23(25(18-22)37-13-8-29(6-7-29)9-14-37)34-28(40)24-17-21-5-12-36(2)26(21)27(33-24)38-15-10-30(31,32)11-16-38/h3-4,17-18,20,35,39H,5-16,19H2,1-2H3,(H,34,40)/t20-/m1/s1. The Morgan fingerprint density at radius 1 is 1.02 bits per heavy atom. The van der Waals surface area contributed by atoms with Crippen LogP contribution in [0.2, 0.25) is 0 Å². The van der Waals surface area contributed by atoms with Gasteiger partial charge in [-0.15, -0.1) is 0 Å². The molecule has 234 valence electrons. The van der Waals surface area contributed by atoms with Gasteiger partial charge in [0.15, 0.2) is 5.82 Å². The average Bonchev–Trinajstić information content (AvgIpc) is 3.63. The number of carbonyl (C=O) groups is 1. The molecule has 13 heteroatoms. The third-order valence-electron chi connectivity index (χ3n) is 9.46. The van der Waals surface area contributed by atoms with Crippen molar-refractivity contribution in [3.05, 3.63) is 35.5 Å². The molecule has 1 spiro atoms. The molecule has 1 amide bonds. The predicted octanol–water partition coefficient (Wildman–Crippen LogP) is 3.60. The monoisotopic (exact) mass is 618 g/mol. The number of aliphatic hydroxyl groups is 1. The Morgan fingerprint density at radius 3 is 2.35 bits per heavy atom. The maximum Gasteiger partial charge on any atom is 0.274 e. The zero-order valence-corrected chi connectivity index (χ0v) is 25.5. The van der Waals surface area contributed by atoms with Gasteiger partial charge in [0.1, 0.15) is 5.69 Å². The van der Waals surface area contributed by atoms with Crippen molar-refractivity contribution < 1.29 is 27.1 Å². The molecule has 1 aromatic heterocycles. The maximum absolute atomic E-state index is 13.9. The van der Waals surface area contributed by atoms with Crippen LogP contribution in [0.25, 0.3) is 0 Å². The van der Waals surface area contributed by atoms with Gasteiger partial charge in [0.05, 0.1) is 28.6 Å². The average molecular weight is 619 g/mol. The number of alkyl halides is 2. The van der Waals surface area contributed by atoms with E-state index in [1.807, 2.05) is 11.9 Å². The summed E-state index contributed by atoms with van der Waals surface area (Å²) in [6, 6.07) is 5.75. The number of likely N-dealkylation sites (N-methyl/N-ethyl adjacent to an activating group) is 1. The Morgan fingerprint density at radius 2 is 1.70 bits per heavy atom. The van der Waals surface area contributed by atoms with Crippen LogP contribution in [0.3, 0.4) is 0 Å². The number of nitrogens with one attached hydrogen (secondary N) is 2. The number of carbonyl (C=O) groups excluding carboxylic acids is 1. The van der Waals surface area contributed by atoms with E-state index in [1.54, 1.807) is 25.1 Å². The van der Waals surface area contributed by atoms with E-state index in [1.165, 1.54) is 18.9 Å². The number of amides is 1. The lowest BCUT2D eigenvalue weighted by atomic mass is 9.93. The highest BCUT2D eigenvalue weighted by molar-refractivity contribution is 7.89. The number of benzene rings is 1. The topological polar surface area (TPSA) is 118 Å². The van der Waals surface area contributed by atoms with Gasteiger partial charge in [-0.25, -0.2) is 26.9 Å². The zero-order valence-electron chi connectivity index (χ0n) is 24.7. The molecule has 1 atom stereocenters. The summed E-state index contributed by atoms with van der Waals surface area (Å²) in [5.41, 5.74) is 3.51. The highest BCUT2D eigenvalue weighted by atomic mass is 32.2. The van der Waals surface area contributed by atoms with E-state index < -0.39 is 27.9 Å². The highest BCUT2D eigenvalue weighted by Gasteiger charge is 2.45. The van der Waals surface area contributed by atoms with Crippen LogP contribution in [0.1, 0.15) is 61.5 Å². The van der Waals surface area contributed by atoms with Crippen molar-refractivity contribution in [1.82, 2.24) is 9.71 Å². The number of rotatable bonds is 8. The van der Waals surface area contributed by atoms with Crippen LogP contribution < -0.4 is 24.7 Å². The number of piperidine rings is 2. The van der Waals surface area contributed by atoms with Gasteiger partial charge in [-0.05, 0) is 74.3 Å². The Labute approximate surface area is 251 Å². The Balaban J connectivity index is 1.31. The molecule has 0 unspecified atom stereocenters. The summed E-state index contributed by atoms with van der Waals surface area (Å²) in [4.78, 5) is 24.5. The molecule has 1 saturated carbocycles. The molecule has 4 aliphatic rings. The third kappa shape index (κ3) is 6.16. The lowest BCUT2D eigenvalue weighted by Gasteiger charge is -2.35. The smallest absolute Gasteiger partial charge is 0.274 e. The van der Waals surface area contributed by atoms with E-state index in [-0.39, 0.29) is 43.1 Å². The van der Waals surface area contributed by atoms with Crippen molar-refractivity contribution in [1.29, 1.82) is 0 Å². The molecule has 2 saturated heterocycles. The van der Waals surface area contributed by atoms with E-state index in [0.29, 0.717) is 22.6 Å². The minimum absolute atomic E-state index is 0.0513. The van der Waals surface area contributed by atoms with Crippen molar-refractivity contribution in [2.24, 2.45) is 5.41 Å². The molecule has 6 rings (SSSR count). The summed E-state index contributed by atoms with van der Waals surface area (Å²) in [5.74, 6) is -2.59. The molecule has 3 N–H and O–H groups in total. The molecule has 43 heavy (non-hydrogen) atoms. The number of sulfonamides is 1. The number of aliphatic hydroxyl groups excluding tert-OH is 1. The molecule has 1 aromatic carbocycles. The van der Waals surface area contributed by atoms with Gasteiger partial charge in [-0.3, -0.25) is 4.79 Å². The highest BCUT2D eigenvalue weighted by Crippen LogP contribution is 2.54. The number of halogens is 2. The van der Waals surface area contributed by atoms with Crippen molar-refractivity contribution >= 4 is 38.8 Å². The van der Waals surface area contributed by atoms with Crippen LogP contribution >= 0.6 is 0 Å². The van der Waals surface area contributed by atoms with Gasteiger partial charge in [-0.2, -0.15) is 0 Å². The first-order valence-electron chi connectivity index (χ1n) is 15.1. The molecular weight excluding hydrogens is 578 g/mol. The van der Waals surface area contributed by atoms with Crippen molar-refractivity contribution in [3.8, 4) is 0 Å². The van der Waals surface area contributed by atoms with Gasteiger partial charge < -0.3 is 25.1 Å². The Hall–Kier alpha value is -3.03. The first-order valence-corrected chi connectivity index (χ1v) is 16.6. The Bertz CT molecular complexity index is 1500. The van der Waals surface area contributed by atoms with Crippen LogP contribution in [0, 0.1) is 5.41 Å². The van der Waals surface area contributed by atoms with Crippen LogP contribution in [0.4, 0.5) is 31.7 Å². The largest absolute Gasteiger partial charge is 0.395 e. The van der Waals surface area contributed by atoms with E-state index in [4.69, 9.17) is 4.98 Å². The number of fused-ring (bicyclic) bond motifs is 1. The number of pyridine rings is 1. The van der Waals surface area contributed by atoms with Crippen LogP contribution in [-0.2, 0) is 16.4 Å². The molecule has 1 aliphatic carbocycles. The number of aromatic nitrogens is 1. The summed E-state index contributed by atoms with van der Waals surface area (Å²) < 4.78 is 56.5. The van der Waals surface area contributed by atoms with Crippen LogP contribution in [-0.4, -0.2) is 82.8 Å². The predicted molar refractivity (Wildman–Crippen MR) is 162 cm³/mol. The molecule has 2 aromatic rings. The fourth-order valence-corrected chi connectivity index (χ4v) is 7.72. The summed E-state index contributed by atoms with van der Waals surface area (Å²) in [6.45, 7) is 3.81. The number of hydrogen-bond donors (Lipinski definition) is 3. The van der Waals surface area contributed by atoms with Crippen molar-refractivity contribution in [3.63, 3.8) is 0 Å². The molecular formula is C30H40F2N6O4S. The Kier molecular flexibility index (Phi) is 7.79. The maximum atomic E-state index is 13.9. The van der Waals surface area contributed by atoms with Gasteiger partial charge in [-0.1, -0.05) is 0 Å². The number of nitrogens with zero attached hydrogens (tertiary/aromatic N) is 4. The summed E-state index contributed by atoms with van der Waals surface area (Å²) in [7, 11) is -1.96. The second-order valence-corrected chi connectivity index (χ2v) is 14.4. The second-order valence-electron chi connectivity index (χ2n) is 12.7. The normalized spacial score (nSPS) is 21.6. The van der Waals surface area contributed by atoms with E-state index in [2.05, 4.69) is 19.8 Å². The van der Waals surface area contributed by atoms with E-state index in [9.17, 15) is 27.1 Å². The summed E-state index contributed by atoms with van der Waals surface area (Å²) in [5, 5.41) is 12.4. The van der Waals surface area contributed by atoms with E-state index >= 15 is 0 Å². The van der Waals surface area contributed by atoms with Gasteiger partial charge in [0.25, 0.3) is 11.8 Å². The lowest BCUT2D eigenvalue weighted by molar-refractivity contribution is -0.0221. The zero-order chi connectivity index (χ0) is 30.6. The molecule has 4 heterocycles. The molecule has 3 aliphatic heterocycles. The fraction of sp³-hybridized carbons (Fsp3) is 0.600. The number of anilines is 4. The van der Waals surface area contributed by atoms with Crippen molar-refractivity contribution in [2.75, 3.05) is 66.4 Å². The third-order valence-corrected chi connectivity index (χ3v) is 11.0. The molecule has 0 radical (unpaired) electrons. The van der Waals surface area contributed by atoms with Crippen LogP contribution in [0.5, 0.6) is 0 Å². The second kappa shape index (κ2) is 11.2. The van der Waals surface area contributed by atoms with Gasteiger partial charge in [0.2, 0.25) is 10.0 Å². The molecule has 10 nitrogen and oxygen atoms in total. The summed E-state index contributed by atoms with van der Waals surface area (Å²) in [6.07, 6.45) is 4.66. The SMILES string of the molecule is C[C@H](CO)NS(=O)(=O)c1ccc(NC(=O)c2cc3c(c(N4CCC(F)(F)CC4)n2)N(C)CC3)c(N2CCC3(CC2)CC3)c1. The fourth-order valence-electron chi connectivity index (χ4n) is 6.47. The first kappa shape index (κ1) is 30.0. The van der Waals surface area contributed by atoms with Crippen LogP contribution in [0.15, 0.2) is 29.2 Å². The molecule has 0 bridgehead atoms. The minimum Gasteiger partial charge on any atom is -0.395 e. The van der Waals surface area contributed by atoms with Crippen molar-refractivity contribution in [2.45, 2.75) is 68.7 Å². The quantitative estimate of drug-likeness (QED) is 0.411. The summed E-state index contributed by atoms with van der Waals surface area (Å²) >= 11 is 0. The van der Waals surface area contributed by atoms with E-state index in [0.717, 1.165) is 50.1 Å². The number of hydrogen-bond acceptors (Lipinski definition) is 8. The minimum atomic E-state index is -3.90. The van der Waals surface area contributed by atoms with Gasteiger partial charge >= 0.3 is 0 Å². The lowest BCUT2D eigenvalue weighted by Crippen LogP contribution is -2.40. The van der Waals surface area contributed by atoms with Gasteiger partial charge in [0, 0.05) is 58.7 Å². The molecule has 3 fully saturated rings.